The number of carbonyl (C=O) groups excluding carboxylic acids is 1. The summed E-state index contributed by atoms with van der Waals surface area (Å²) in [7, 11) is 0. The number of nitrogens with one attached hydrogen (secondary N) is 1. The number of morpholine rings is 1. The van der Waals surface area contributed by atoms with Gasteiger partial charge in [0.25, 0.3) is 0 Å². The van der Waals surface area contributed by atoms with Gasteiger partial charge in [-0.05, 0) is 6.92 Å². The summed E-state index contributed by atoms with van der Waals surface area (Å²) in [6.45, 7) is 6.05. The Kier molecular flexibility index (Phi) is 10.1. The summed E-state index contributed by atoms with van der Waals surface area (Å²) in [5.74, 6) is -0.0812. The highest BCUT2D eigenvalue weighted by Crippen LogP contribution is 2.17. The fourth-order valence-corrected chi connectivity index (χ4v) is 2.61. The molecule has 1 unspecified atom stereocenters. The largest absolute Gasteiger partial charge is 0.379 e. The molecule has 1 aromatic rings. The number of hydrogen-bond donors (Lipinski definition) is 2. The van der Waals surface area contributed by atoms with E-state index in [4.69, 9.17) is 10.5 Å². The zero-order valence-corrected chi connectivity index (χ0v) is 14.4. The average Bonchev–Trinajstić information content (AvgIpc) is 2.76. The highest BCUT2D eigenvalue weighted by Gasteiger charge is 2.13. The molecule has 0 aromatic carbocycles. The Labute approximate surface area is 141 Å². The van der Waals surface area contributed by atoms with Gasteiger partial charge < -0.3 is 15.8 Å². The van der Waals surface area contributed by atoms with Gasteiger partial charge in [-0.25, -0.2) is 4.98 Å². The Bertz CT molecular complexity index is 425. The minimum Gasteiger partial charge on any atom is -0.379 e. The molecule has 2 rings (SSSR count). The molecule has 1 fully saturated rings. The number of ether oxygens (including phenoxy) is 1. The number of thiazole rings is 1. The van der Waals surface area contributed by atoms with E-state index >= 15 is 0 Å². The summed E-state index contributed by atoms with van der Waals surface area (Å²) in [6, 6.07) is -0.132. The van der Waals surface area contributed by atoms with Crippen LogP contribution in [0.2, 0.25) is 0 Å². The van der Waals surface area contributed by atoms with Crippen LogP contribution in [0.3, 0.4) is 0 Å². The normalized spacial score (nSPS) is 16.5. The molecule has 0 aliphatic carbocycles. The predicted octanol–water partition coefficient (Wildman–Crippen LogP) is 1.49. The number of carbonyl (C=O) groups is 1. The molecule has 3 N–H and O–H groups in total. The summed E-state index contributed by atoms with van der Waals surface area (Å²) in [6.07, 6.45) is 0.318. The van der Waals surface area contributed by atoms with Crippen molar-refractivity contribution in [2.45, 2.75) is 25.9 Å². The second kappa shape index (κ2) is 10.3. The van der Waals surface area contributed by atoms with Crippen LogP contribution in [-0.2, 0) is 16.1 Å². The van der Waals surface area contributed by atoms with Crippen molar-refractivity contribution in [2.24, 2.45) is 5.73 Å². The molecule has 2 heterocycles. The Morgan fingerprint density at radius 2 is 2.19 bits per heavy atom. The van der Waals surface area contributed by atoms with Gasteiger partial charge >= 0.3 is 0 Å². The van der Waals surface area contributed by atoms with Crippen LogP contribution in [0, 0.1) is 0 Å². The van der Waals surface area contributed by atoms with E-state index < -0.39 is 0 Å². The lowest BCUT2D eigenvalue weighted by molar-refractivity contribution is -0.116. The molecular weight excluding hydrogens is 335 g/mol. The zero-order valence-electron chi connectivity index (χ0n) is 11.9. The van der Waals surface area contributed by atoms with Crippen LogP contribution in [0.25, 0.3) is 0 Å². The van der Waals surface area contributed by atoms with Crippen molar-refractivity contribution in [1.82, 2.24) is 9.88 Å². The molecule has 1 saturated heterocycles. The Balaban J connectivity index is 0.00000200. The molecule has 1 aromatic heterocycles. The SMILES string of the molecule is CC(N)CC(=O)Nc1nc(CN2CCOCC2)cs1.Cl.Cl. The van der Waals surface area contributed by atoms with Gasteiger partial charge in [0.15, 0.2) is 5.13 Å². The molecule has 0 saturated carbocycles. The summed E-state index contributed by atoms with van der Waals surface area (Å²) in [5, 5.41) is 5.41. The minimum absolute atomic E-state index is 0. The minimum atomic E-state index is -0.132. The predicted molar refractivity (Wildman–Crippen MR) is 89.6 cm³/mol. The maximum Gasteiger partial charge on any atom is 0.227 e. The van der Waals surface area contributed by atoms with Crippen LogP contribution >= 0.6 is 36.2 Å². The molecule has 0 radical (unpaired) electrons. The summed E-state index contributed by atoms with van der Waals surface area (Å²) < 4.78 is 5.30. The third kappa shape index (κ3) is 7.39. The first-order valence-electron chi connectivity index (χ1n) is 6.43. The van der Waals surface area contributed by atoms with Crippen molar-refractivity contribution in [3.63, 3.8) is 0 Å². The van der Waals surface area contributed by atoms with Gasteiger partial charge in [0.2, 0.25) is 5.91 Å². The number of rotatable bonds is 5. The first kappa shape index (κ1) is 20.6. The van der Waals surface area contributed by atoms with E-state index in [1.165, 1.54) is 11.3 Å². The van der Waals surface area contributed by atoms with E-state index in [9.17, 15) is 4.79 Å². The second-order valence-electron chi connectivity index (χ2n) is 4.76. The Morgan fingerprint density at radius 1 is 1.52 bits per heavy atom. The molecule has 9 heteroatoms. The number of anilines is 1. The van der Waals surface area contributed by atoms with Crippen LogP contribution < -0.4 is 11.1 Å². The number of halogens is 2. The van der Waals surface area contributed by atoms with E-state index in [0.29, 0.717) is 11.6 Å². The Hall–Kier alpha value is -0.440. The number of hydrogen-bond acceptors (Lipinski definition) is 6. The van der Waals surface area contributed by atoms with E-state index in [1.807, 2.05) is 12.3 Å². The van der Waals surface area contributed by atoms with Crippen molar-refractivity contribution in [3.8, 4) is 0 Å². The van der Waals surface area contributed by atoms with Gasteiger partial charge in [-0.3, -0.25) is 9.69 Å². The van der Waals surface area contributed by atoms with Crippen LogP contribution in [0.4, 0.5) is 5.13 Å². The molecular formula is C12H22Cl2N4O2S. The van der Waals surface area contributed by atoms with Crippen molar-refractivity contribution >= 4 is 47.2 Å². The average molecular weight is 357 g/mol. The van der Waals surface area contributed by atoms with E-state index in [0.717, 1.165) is 38.5 Å². The van der Waals surface area contributed by atoms with E-state index in [-0.39, 0.29) is 36.8 Å². The number of amides is 1. The van der Waals surface area contributed by atoms with Gasteiger partial charge in [-0.1, -0.05) is 0 Å². The quantitative estimate of drug-likeness (QED) is 0.835. The molecule has 0 bridgehead atoms. The highest BCUT2D eigenvalue weighted by atomic mass is 35.5. The van der Waals surface area contributed by atoms with E-state index in [1.54, 1.807) is 0 Å². The molecule has 1 aliphatic heterocycles. The molecule has 6 nitrogen and oxygen atoms in total. The lowest BCUT2D eigenvalue weighted by atomic mass is 10.2. The van der Waals surface area contributed by atoms with Gasteiger partial charge in [0, 0.05) is 37.5 Å². The monoisotopic (exact) mass is 356 g/mol. The van der Waals surface area contributed by atoms with Crippen molar-refractivity contribution < 1.29 is 9.53 Å². The summed E-state index contributed by atoms with van der Waals surface area (Å²) >= 11 is 1.45. The number of aromatic nitrogens is 1. The molecule has 1 amide bonds. The fraction of sp³-hybridized carbons (Fsp3) is 0.667. The van der Waals surface area contributed by atoms with Crippen LogP contribution in [0.1, 0.15) is 19.0 Å². The van der Waals surface area contributed by atoms with Gasteiger partial charge in [-0.15, -0.1) is 36.2 Å². The molecule has 21 heavy (non-hydrogen) atoms. The lowest BCUT2D eigenvalue weighted by Gasteiger charge is -2.25. The maximum absolute atomic E-state index is 11.6. The van der Waals surface area contributed by atoms with Gasteiger partial charge in [0.05, 0.1) is 18.9 Å². The molecule has 122 valence electrons. The molecule has 1 aliphatic rings. The maximum atomic E-state index is 11.6. The highest BCUT2D eigenvalue weighted by molar-refractivity contribution is 7.13. The molecule has 0 spiro atoms. The summed E-state index contributed by atoms with van der Waals surface area (Å²) in [5.41, 5.74) is 6.57. The van der Waals surface area contributed by atoms with Crippen molar-refractivity contribution in [1.29, 1.82) is 0 Å². The first-order chi connectivity index (χ1) is 9.13. The van der Waals surface area contributed by atoms with Crippen LogP contribution in [0.5, 0.6) is 0 Å². The topological polar surface area (TPSA) is 80.5 Å². The smallest absolute Gasteiger partial charge is 0.227 e. The standard InChI is InChI=1S/C12H20N4O2S.2ClH/c1-9(13)6-11(17)15-12-14-10(8-19-12)7-16-2-4-18-5-3-16;;/h8-9H,2-7,13H2,1H3,(H,14,15,17);2*1H. The number of nitrogens with two attached hydrogens (primary N) is 1. The van der Waals surface area contributed by atoms with Gasteiger partial charge in [-0.2, -0.15) is 0 Å². The van der Waals surface area contributed by atoms with E-state index in [2.05, 4.69) is 15.2 Å². The first-order valence-corrected chi connectivity index (χ1v) is 7.31. The van der Waals surface area contributed by atoms with Crippen molar-refractivity contribution in [3.05, 3.63) is 11.1 Å². The lowest BCUT2D eigenvalue weighted by Crippen LogP contribution is -2.35. The zero-order chi connectivity index (χ0) is 13.7. The van der Waals surface area contributed by atoms with Crippen LogP contribution in [-0.4, -0.2) is 48.1 Å². The van der Waals surface area contributed by atoms with Gasteiger partial charge in [0.1, 0.15) is 0 Å². The summed E-state index contributed by atoms with van der Waals surface area (Å²) in [4.78, 5) is 18.3. The third-order valence-corrected chi connectivity index (χ3v) is 3.60. The fourth-order valence-electron chi connectivity index (χ4n) is 1.89. The molecule has 1 atom stereocenters. The number of nitrogens with zero attached hydrogens (tertiary/aromatic N) is 2. The van der Waals surface area contributed by atoms with Crippen molar-refractivity contribution in [2.75, 3.05) is 31.6 Å². The van der Waals surface area contributed by atoms with Crippen LogP contribution in [0.15, 0.2) is 5.38 Å². The Morgan fingerprint density at radius 3 is 2.81 bits per heavy atom. The second-order valence-corrected chi connectivity index (χ2v) is 5.62. The third-order valence-electron chi connectivity index (χ3n) is 2.79.